The minimum atomic E-state index is -1.04. The molecule has 0 spiro atoms. The summed E-state index contributed by atoms with van der Waals surface area (Å²) >= 11 is 0. The van der Waals surface area contributed by atoms with Gasteiger partial charge in [-0.15, -0.1) is 0 Å². The molecule has 19 heteroatoms. The average Bonchev–Trinajstić information content (AvgIpc) is 3.14. The second kappa shape index (κ2) is 20.0. The summed E-state index contributed by atoms with van der Waals surface area (Å²) in [7, 11) is 0. The van der Waals surface area contributed by atoms with Crippen LogP contribution in [-0.2, 0) is 79.5 Å². The molecule has 4 rings (SSSR count). The average molecular weight is 809 g/mol. The number of carbonyl (C=O) groups excluding carboxylic acids is 8. The largest absolute Gasteiger partial charge is 0.508 e. The van der Waals surface area contributed by atoms with Gasteiger partial charge in [-0.2, -0.15) is 0 Å². The molecule has 0 bridgehead atoms. The molecular formula is C39H36O19. The van der Waals surface area contributed by atoms with Crippen LogP contribution in [0.1, 0.15) is 72.4 Å². The molecule has 0 radical (unpaired) electrons. The van der Waals surface area contributed by atoms with Gasteiger partial charge in [-0.3, -0.25) is 33.6 Å². The first-order chi connectivity index (χ1) is 27.5. The molecule has 0 aromatic heterocycles. The number of rotatable bonds is 17. The van der Waals surface area contributed by atoms with E-state index in [1.165, 1.54) is 36.4 Å². The highest BCUT2D eigenvalue weighted by Gasteiger charge is 2.27. The number of aryl methyl sites for hydroxylation is 2. The van der Waals surface area contributed by atoms with Gasteiger partial charge in [-0.1, -0.05) is 0 Å². The maximum atomic E-state index is 13.6. The molecule has 58 heavy (non-hydrogen) atoms. The van der Waals surface area contributed by atoms with Crippen LogP contribution >= 0.6 is 0 Å². The van der Waals surface area contributed by atoms with Crippen LogP contribution in [0.5, 0.6) is 5.75 Å². The second-order valence-electron chi connectivity index (χ2n) is 12.1. The number of phenols is 1. The summed E-state index contributed by atoms with van der Waals surface area (Å²) < 4.78 is 44.8. The van der Waals surface area contributed by atoms with E-state index >= 15 is 0 Å². The van der Waals surface area contributed by atoms with E-state index in [0.29, 0.717) is 0 Å². The van der Waals surface area contributed by atoms with Gasteiger partial charge in [-0.25, -0.2) is 9.59 Å². The number of benzene rings is 3. The van der Waals surface area contributed by atoms with Crippen molar-refractivity contribution in [1.82, 2.24) is 0 Å². The van der Waals surface area contributed by atoms with Gasteiger partial charge in [-0.05, 0) is 54.3 Å². The van der Waals surface area contributed by atoms with E-state index in [1.807, 2.05) is 0 Å². The fraction of sp³-hybridized carbons (Fsp3) is 0.308. The van der Waals surface area contributed by atoms with E-state index < -0.39 is 80.4 Å². The lowest BCUT2D eigenvalue weighted by Gasteiger charge is -2.20. The molecule has 306 valence electrons. The van der Waals surface area contributed by atoms with Crippen molar-refractivity contribution in [3.63, 3.8) is 0 Å². The predicted octanol–water partition coefficient (Wildman–Crippen LogP) is 3.62. The van der Waals surface area contributed by atoms with Crippen LogP contribution in [0.2, 0.25) is 0 Å². The van der Waals surface area contributed by atoms with Crippen molar-refractivity contribution in [1.29, 1.82) is 0 Å². The lowest BCUT2D eigenvalue weighted by Crippen LogP contribution is -2.15. The van der Waals surface area contributed by atoms with Crippen LogP contribution in [0, 0.1) is 0 Å². The van der Waals surface area contributed by atoms with Gasteiger partial charge in [0.15, 0.2) is 5.43 Å². The molecule has 0 saturated carbocycles. The Hall–Kier alpha value is -7.31. The quantitative estimate of drug-likeness (QED) is 0.0691. The third kappa shape index (κ3) is 12.1. The maximum absolute atomic E-state index is 13.6. The zero-order valence-electron chi connectivity index (χ0n) is 31.5. The Kier molecular flexibility index (Phi) is 15.0. The molecule has 0 saturated heterocycles. The van der Waals surface area contributed by atoms with Crippen LogP contribution in [0.4, 0.5) is 0 Å². The number of phenolic OH excluding ortho intramolecular Hbond substituents is 1. The van der Waals surface area contributed by atoms with E-state index in [1.54, 1.807) is 0 Å². The van der Waals surface area contributed by atoms with Crippen LogP contribution in [0.25, 0.3) is 33.4 Å². The Morgan fingerprint density at radius 1 is 0.569 bits per heavy atom. The highest BCUT2D eigenvalue weighted by atomic mass is 16.7. The third-order valence-corrected chi connectivity index (χ3v) is 7.91. The van der Waals surface area contributed by atoms with Crippen LogP contribution < -0.4 is 5.43 Å². The van der Waals surface area contributed by atoms with Gasteiger partial charge in [0.25, 0.3) is 0 Å². The van der Waals surface area contributed by atoms with E-state index in [2.05, 4.69) is 9.47 Å². The zero-order valence-corrected chi connectivity index (χ0v) is 31.5. The SMILES string of the molecule is CC(=O)OCOC(=O)CCc1cc2c(-c3cc(C(=O)OCOC(C)=O)ccc3C(=O)OCOC(C)=O)c3cc(CCC(=O)OCOC(C)=O)c(=O)cc-3oc2cc1O. The van der Waals surface area contributed by atoms with Gasteiger partial charge < -0.3 is 47.4 Å². The Balaban J connectivity index is 1.94. The van der Waals surface area contributed by atoms with Crippen molar-refractivity contribution in [3.8, 4) is 28.2 Å². The smallest absolute Gasteiger partial charge is 0.341 e. The van der Waals surface area contributed by atoms with Crippen LogP contribution in [0.15, 0.2) is 51.7 Å². The standard InChI is InChI=1S/C39H36O19/c1-20(40)50-16-54-35(46)9-6-24-11-29-33(14-31(24)44)58-34-15-32(45)25(7-10-36(47)55-17-51-21(2)41)12-30(34)37(29)28-13-26(38(48)56-18-52-22(3)42)5-8-27(28)39(49)57-19-53-23(4)43/h5,8,11-15,44H,6-7,9-10,16-19H2,1-4H3. The van der Waals surface area contributed by atoms with Crippen LogP contribution in [0.3, 0.4) is 0 Å². The number of hydrogen-bond acceptors (Lipinski definition) is 19. The summed E-state index contributed by atoms with van der Waals surface area (Å²) in [6.07, 6.45) is -0.931. The number of aromatic hydroxyl groups is 1. The monoisotopic (exact) mass is 808 g/mol. The molecule has 0 fully saturated rings. The fourth-order valence-corrected chi connectivity index (χ4v) is 5.25. The maximum Gasteiger partial charge on any atom is 0.341 e. The van der Waals surface area contributed by atoms with E-state index in [9.17, 15) is 48.3 Å². The van der Waals surface area contributed by atoms with Gasteiger partial charge in [0, 0.05) is 74.7 Å². The first kappa shape index (κ1) is 43.4. The Labute approximate surface area is 327 Å². The second-order valence-corrected chi connectivity index (χ2v) is 12.1. The summed E-state index contributed by atoms with van der Waals surface area (Å²) in [5.74, 6) is -6.85. The Morgan fingerprint density at radius 3 is 1.64 bits per heavy atom. The van der Waals surface area contributed by atoms with Crippen molar-refractivity contribution >= 4 is 58.7 Å². The minimum absolute atomic E-state index is 0.0375. The molecule has 2 aromatic rings. The Morgan fingerprint density at radius 2 is 1.09 bits per heavy atom. The van der Waals surface area contributed by atoms with E-state index in [0.717, 1.165) is 33.8 Å². The first-order valence-electron chi connectivity index (χ1n) is 17.1. The van der Waals surface area contributed by atoms with Crippen LogP contribution in [-0.4, -0.2) is 80.0 Å². The molecule has 1 aliphatic carbocycles. The molecule has 2 aromatic carbocycles. The molecule has 2 aliphatic rings. The predicted molar refractivity (Wildman–Crippen MR) is 192 cm³/mol. The first-order valence-corrected chi connectivity index (χ1v) is 17.1. The summed E-state index contributed by atoms with van der Waals surface area (Å²) in [5, 5.41) is 11.2. The number of ether oxygens (including phenoxy) is 8. The van der Waals surface area contributed by atoms with Crippen molar-refractivity contribution in [2.75, 3.05) is 27.2 Å². The number of hydrogen-bond donors (Lipinski definition) is 1. The fourth-order valence-electron chi connectivity index (χ4n) is 5.25. The molecule has 0 amide bonds. The minimum Gasteiger partial charge on any atom is -0.508 e. The molecule has 1 aliphatic heterocycles. The summed E-state index contributed by atoms with van der Waals surface area (Å²) in [6.45, 7) is 1.66. The number of carbonyl (C=O) groups is 8. The van der Waals surface area contributed by atoms with Crippen molar-refractivity contribution in [3.05, 3.63) is 74.9 Å². The van der Waals surface area contributed by atoms with Crippen molar-refractivity contribution in [2.45, 2.75) is 53.4 Å². The van der Waals surface area contributed by atoms with Gasteiger partial charge in [0.1, 0.15) is 17.1 Å². The molecule has 1 heterocycles. The molecule has 19 nitrogen and oxygen atoms in total. The van der Waals surface area contributed by atoms with Crippen molar-refractivity contribution in [2.24, 2.45) is 0 Å². The van der Waals surface area contributed by atoms with E-state index in [-0.39, 0.29) is 87.1 Å². The molecule has 0 atom stereocenters. The topological polar surface area (TPSA) is 261 Å². The molecule has 1 N–H and O–H groups in total. The highest BCUT2D eigenvalue weighted by molar-refractivity contribution is 6.09. The van der Waals surface area contributed by atoms with E-state index in [4.69, 9.17) is 32.8 Å². The van der Waals surface area contributed by atoms with Gasteiger partial charge >= 0.3 is 47.8 Å². The van der Waals surface area contributed by atoms with Gasteiger partial charge in [0.2, 0.25) is 27.2 Å². The Bertz CT molecular complexity index is 2280. The molecule has 0 unspecified atom stereocenters. The molecular weight excluding hydrogens is 772 g/mol. The summed E-state index contributed by atoms with van der Waals surface area (Å²) in [6, 6.07) is 8.78. The lowest BCUT2D eigenvalue weighted by atomic mass is 9.87. The summed E-state index contributed by atoms with van der Waals surface area (Å²) in [4.78, 5) is 110. The third-order valence-electron chi connectivity index (χ3n) is 7.91. The number of esters is 8. The van der Waals surface area contributed by atoms with Crippen molar-refractivity contribution < 1.29 is 85.8 Å². The zero-order chi connectivity index (χ0) is 42.5. The lowest BCUT2D eigenvalue weighted by molar-refractivity contribution is -0.167. The normalized spacial score (nSPS) is 10.6. The summed E-state index contributed by atoms with van der Waals surface area (Å²) in [5.41, 5.74) is -0.526. The van der Waals surface area contributed by atoms with Gasteiger partial charge in [0.05, 0.1) is 11.1 Å². The number of fused-ring (bicyclic) bond motifs is 2. The highest BCUT2D eigenvalue weighted by Crippen LogP contribution is 2.44.